The molecule has 0 radical (unpaired) electrons. The molecule has 5 nitrogen and oxygen atoms in total. The van der Waals surface area contributed by atoms with E-state index in [9.17, 15) is 13.2 Å². The Kier molecular flexibility index (Phi) is 7.37. The fourth-order valence-corrected chi connectivity index (χ4v) is 6.39. The van der Waals surface area contributed by atoms with Crippen molar-refractivity contribution in [3.05, 3.63) is 131 Å². The second-order valence-electron chi connectivity index (χ2n) is 9.28. The van der Waals surface area contributed by atoms with Crippen molar-refractivity contribution in [3.63, 3.8) is 0 Å². The number of anilines is 1. The molecule has 4 aromatic carbocycles. The van der Waals surface area contributed by atoms with E-state index in [-0.39, 0.29) is 16.8 Å². The van der Waals surface area contributed by atoms with Crippen molar-refractivity contribution in [1.82, 2.24) is 5.32 Å². The van der Waals surface area contributed by atoms with Crippen LogP contribution in [0.5, 0.6) is 0 Å². The molecule has 0 aromatic heterocycles. The number of fused-ring (bicyclic) bond motifs is 1. The summed E-state index contributed by atoms with van der Waals surface area (Å²) in [6, 6.07) is 34.2. The summed E-state index contributed by atoms with van der Waals surface area (Å²) in [7, 11) is -3.65. The van der Waals surface area contributed by atoms with Crippen LogP contribution < -0.4 is 9.62 Å². The summed E-state index contributed by atoms with van der Waals surface area (Å²) in [5, 5.41) is 3.17. The number of nitrogens with zero attached hydrogens (tertiary/aromatic N) is 1. The SMILES string of the molecule is O=C(CCc1ccc(S(=O)(=O)N2CCCc3ccccc32)cc1)NC(c1ccccc1)c1ccccc1. The first-order valence-electron chi connectivity index (χ1n) is 12.6. The van der Waals surface area contributed by atoms with Gasteiger partial charge in [0.1, 0.15) is 0 Å². The van der Waals surface area contributed by atoms with E-state index in [1.54, 1.807) is 12.1 Å². The number of hydrogen-bond acceptors (Lipinski definition) is 3. The number of amides is 1. The largest absolute Gasteiger partial charge is 0.345 e. The van der Waals surface area contributed by atoms with E-state index in [4.69, 9.17) is 0 Å². The van der Waals surface area contributed by atoms with Crippen LogP contribution in [0.15, 0.2) is 114 Å². The van der Waals surface area contributed by atoms with Crippen LogP contribution in [0.3, 0.4) is 0 Å². The maximum Gasteiger partial charge on any atom is 0.264 e. The lowest BCUT2D eigenvalue weighted by atomic mass is 9.98. The zero-order chi connectivity index (χ0) is 25.7. The van der Waals surface area contributed by atoms with Crippen molar-refractivity contribution in [1.29, 1.82) is 0 Å². The Balaban J connectivity index is 1.25. The van der Waals surface area contributed by atoms with Crippen molar-refractivity contribution in [3.8, 4) is 0 Å². The van der Waals surface area contributed by atoms with Crippen molar-refractivity contribution < 1.29 is 13.2 Å². The molecule has 1 heterocycles. The first kappa shape index (κ1) is 24.8. The van der Waals surface area contributed by atoms with Crippen molar-refractivity contribution >= 4 is 21.6 Å². The number of sulfonamides is 1. The lowest BCUT2D eigenvalue weighted by molar-refractivity contribution is -0.121. The molecule has 6 heteroatoms. The molecule has 1 aliphatic rings. The van der Waals surface area contributed by atoms with Gasteiger partial charge in [0.25, 0.3) is 10.0 Å². The number of rotatable bonds is 8. The van der Waals surface area contributed by atoms with Crippen LogP contribution in [-0.4, -0.2) is 20.9 Å². The Morgan fingerprint density at radius 1 is 0.784 bits per heavy atom. The number of nitrogens with one attached hydrogen (secondary N) is 1. The van der Waals surface area contributed by atoms with E-state index >= 15 is 0 Å². The van der Waals surface area contributed by atoms with Gasteiger partial charge in [-0.25, -0.2) is 8.42 Å². The minimum absolute atomic E-state index is 0.0562. The third-order valence-electron chi connectivity index (χ3n) is 6.79. The first-order chi connectivity index (χ1) is 18.0. The molecule has 0 saturated carbocycles. The van der Waals surface area contributed by atoms with Gasteiger partial charge in [0.15, 0.2) is 0 Å². The second kappa shape index (κ2) is 11.0. The van der Waals surface area contributed by atoms with Gasteiger partial charge in [-0.05, 0) is 59.7 Å². The molecule has 0 aliphatic carbocycles. The standard InChI is InChI=1S/C31H30N2O3S/c34-30(32-31(26-11-3-1-4-12-26)27-13-5-2-6-14-27)22-19-24-17-20-28(21-18-24)37(35,36)33-23-9-15-25-10-7-8-16-29(25)33/h1-8,10-14,16-18,20-21,31H,9,15,19,22-23H2,(H,32,34). The zero-order valence-electron chi connectivity index (χ0n) is 20.6. The Morgan fingerprint density at radius 2 is 1.38 bits per heavy atom. The van der Waals surface area contributed by atoms with Crippen molar-refractivity contribution in [2.75, 3.05) is 10.8 Å². The van der Waals surface area contributed by atoms with E-state index in [1.165, 1.54) is 4.31 Å². The van der Waals surface area contributed by atoms with E-state index in [1.807, 2.05) is 97.1 Å². The lowest BCUT2D eigenvalue weighted by Gasteiger charge is -2.30. The lowest BCUT2D eigenvalue weighted by Crippen LogP contribution is -2.35. The van der Waals surface area contributed by atoms with Crippen LogP contribution in [0.25, 0.3) is 0 Å². The summed E-state index contributed by atoms with van der Waals surface area (Å²) in [4.78, 5) is 13.2. The van der Waals surface area contributed by atoms with Crippen molar-refractivity contribution in [2.24, 2.45) is 0 Å². The second-order valence-corrected chi connectivity index (χ2v) is 11.1. The molecule has 0 spiro atoms. The molecule has 37 heavy (non-hydrogen) atoms. The predicted molar refractivity (Wildman–Crippen MR) is 147 cm³/mol. The Labute approximate surface area is 218 Å². The van der Waals surface area contributed by atoms with Crippen LogP contribution in [0.2, 0.25) is 0 Å². The summed E-state index contributed by atoms with van der Waals surface area (Å²) in [5.41, 5.74) is 4.79. The number of para-hydroxylation sites is 1. The van der Waals surface area contributed by atoms with Gasteiger partial charge in [0, 0.05) is 13.0 Å². The zero-order valence-corrected chi connectivity index (χ0v) is 21.4. The van der Waals surface area contributed by atoms with Gasteiger partial charge in [-0.15, -0.1) is 0 Å². The predicted octanol–water partition coefficient (Wildman–Crippen LogP) is 5.67. The highest BCUT2D eigenvalue weighted by Gasteiger charge is 2.28. The monoisotopic (exact) mass is 510 g/mol. The number of carbonyl (C=O) groups is 1. The van der Waals surface area contributed by atoms with Crippen LogP contribution >= 0.6 is 0 Å². The summed E-state index contributed by atoms with van der Waals surface area (Å²) >= 11 is 0. The molecule has 0 fully saturated rings. The quantitative estimate of drug-likeness (QED) is 0.332. The molecular weight excluding hydrogens is 480 g/mol. The fraction of sp³-hybridized carbons (Fsp3) is 0.194. The average Bonchev–Trinajstić information content (AvgIpc) is 2.95. The van der Waals surface area contributed by atoms with Gasteiger partial charge < -0.3 is 5.32 Å². The molecule has 0 unspecified atom stereocenters. The maximum atomic E-state index is 13.4. The highest BCUT2D eigenvalue weighted by Crippen LogP contribution is 2.32. The molecule has 1 aliphatic heterocycles. The Morgan fingerprint density at radius 3 is 2.03 bits per heavy atom. The summed E-state index contributed by atoms with van der Waals surface area (Å²) in [6.45, 7) is 0.477. The molecule has 0 bridgehead atoms. The van der Waals surface area contributed by atoms with Gasteiger partial charge in [0.2, 0.25) is 5.91 Å². The van der Waals surface area contributed by atoms with E-state index < -0.39 is 10.0 Å². The van der Waals surface area contributed by atoms with Gasteiger partial charge in [0.05, 0.1) is 16.6 Å². The molecule has 1 N–H and O–H groups in total. The first-order valence-corrected chi connectivity index (χ1v) is 14.1. The average molecular weight is 511 g/mol. The van der Waals surface area contributed by atoms with Gasteiger partial charge in [-0.1, -0.05) is 91.0 Å². The van der Waals surface area contributed by atoms with Gasteiger partial charge in [-0.3, -0.25) is 9.10 Å². The maximum absolute atomic E-state index is 13.4. The molecule has 5 rings (SSSR count). The summed E-state index contributed by atoms with van der Waals surface area (Å²) in [6.07, 6.45) is 2.52. The topological polar surface area (TPSA) is 66.5 Å². The molecular formula is C31H30N2O3S. The van der Waals surface area contributed by atoms with E-state index in [0.29, 0.717) is 19.4 Å². The van der Waals surface area contributed by atoms with E-state index in [2.05, 4.69) is 5.32 Å². The normalized spacial score (nSPS) is 13.3. The Bertz CT molecular complexity index is 1410. The number of benzene rings is 4. The number of carbonyl (C=O) groups excluding carboxylic acids is 1. The summed E-state index contributed by atoms with van der Waals surface area (Å²) < 4.78 is 28.3. The molecule has 4 aromatic rings. The molecule has 0 atom stereocenters. The minimum atomic E-state index is -3.65. The minimum Gasteiger partial charge on any atom is -0.345 e. The fourth-order valence-electron chi connectivity index (χ4n) is 4.85. The van der Waals surface area contributed by atoms with E-state index in [0.717, 1.165) is 40.8 Å². The summed E-state index contributed by atoms with van der Waals surface area (Å²) in [5.74, 6) is -0.0562. The van der Waals surface area contributed by atoms with Crippen molar-refractivity contribution in [2.45, 2.75) is 36.6 Å². The number of aryl methyl sites for hydroxylation is 2. The van der Waals surface area contributed by atoms with Crippen LogP contribution in [0, 0.1) is 0 Å². The highest BCUT2D eigenvalue weighted by molar-refractivity contribution is 7.92. The highest BCUT2D eigenvalue weighted by atomic mass is 32.2. The Hall–Kier alpha value is -3.90. The third kappa shape index (κ3) is 5.59. The molecule has 1 amide bonds. The number of hydrogen-bond donors (Lipinski definition) is 1. The molecule has 0 saturated heterocycles. The van der Waals surface area contributed by atoms with Crippen LogP contribution in [0.4, 0.5) is 5.69 Å². The third-order valence-corrected chi connectivity index (χ3v) is 8.62. The van der Waals surface area contributed by atoms with Crippen LogP contribution in [0.1, 0.15) is 41.1 Å². The van der Waals surface area contributed by atoms with Crippen LogP contribution in [-0.2, 0) is 27.7 Å². The smallest absolute Gasteiger partial charge is 0.264 e. The van der Waals surface area contributed by atoms with Gasteiger partial charge >= 0.3 is 0 Å². The molecule has 188 valence electrons. The van der Waals surface area contributed by atoms with Gasteiger partial charge in [-0.2, -0.15) is 0 Å².